The molecule has 0 spiro atoms. The van der Waals surface area contributed by atoms with E-state index in [9.17, 15) is 0 Å². The number of aliphatic hydroxyl groups excluding tert-OH is 1. The highest BCUT2D eigenvalue weighted by atomic mass is 32.2. The van der Waals surface area contributed by atoms with Gasteiger partial charge in [0.25, 0.3) is 0 Å². The second-order valence-corrected chi connectivity index (χ2v) is 4.26. The Morgan fingerprint density at radius 3 is 1.92 bits per heavy atom. The van der Waals surface area contributed by atoms with Crippen LogP contribution < -0.4 is 7.69 Å². The average Bonchev–Trinajstić information content (AvgIpc) is 1.94. The summed E-state index contributed by atoms with van der Waals surface area (Å²) in [7, 11) is 0. The predicted molar refractivity (Wildman–Crippen MR) is 44.7 cm³/mol. The Kier molecular flexibility index (Phi) is 2.34. The van der Waals surface area contributed by atoms with Crippen molar-refractivity contribution in [3.8, 4) is 12.1 Å². The van der Waals surface area contributed by atoms with Crippen LogP contribution in [-0.2, 0) is 0 Å². The number of hydrogen-bond donors (Lipinski definition) is 2. The molecule has 0 saturated carbocycles. The topological polar surface area (TPSA) is 88.0 Å². The van der Waals surface area contributed by atoms with Crippen LogP contribution in [0.4, 0.5) is 0 Å². The van der Waals surface area contributed by atoms with Crippen LogP contribution in [0, 0.1) is 22.7 Å². The van der Waals surface area contributed by atoms with Gasteiger partial charge in [-0.2, -0.15) is 10.5 Å². The van der Waals surface area contributed by atoms with Crippen molar-refractivity contribution in [3.63, 3.8) is 0 Å². The summed E-state index contributed by atoms with van der Waals surface area (Å²) in [6.45, 7) is 0. The lowest BCUT2D eigenvalue weighted by Crippen LogP contribution is -2.15. The van der Waals surface area contributed by atoms with Crippen LogP contribution in [-0.4, -0.2) is 10.2 Å². The number of nitrogens with zero attached hydrogens (tertiary/aromatic N) is 2. The SMILES string of the molecule is N#CC(C#N)=c1sc(=C(O)O)s1. The smallest absolute Gasteiger partial charge is 0.302 e. The summed E-state index contributed by atoms with van der Waals surface area (Å²) in [5.74, 6) is -0.760. The molecule has 0 atom stereocenters. The fourth-order valence-corrected chi connectivity index (χ4v) is 2.16. The molecular formula is C6H2N2O2S2. The first kappa shape index (κ1) is 8.60. The van der Waals surface area contributed by atoms with Crippen molar-refractivity contribution in [2.75, 3.05) is 0 Å². The Balaban J connectivity index is 3.32. The molecule has 60 valence electrons. The molecule has 1 aromatic rings. The molecule has 0 aliphatic carbocycles. The Labute approximate surface area is 75.2 Å². The molecule has 1 rings (SSSR count). The normalized spacial score (nSPS) is 8.50. The summed E-state index contributed by atoms with van der Waals surface area (Å²) < 4.78 is 0.823. The van der Waals surface area contributed by atoms with E-state index in [1.54, 1.807) is 12.1 Å². The number of nitriles is 2. The van der Waals surface area contributed by atoms with Crippen molar-refractivity contribution in [3.05, 3.63) is 7.69 Å². The van der Waals surface area contributed by atoms with E-state index >= 15 is 0 Å². The fraction of sp³-hybridized carbons (Fsp3) is 0. The van der Waals surface area contributed by atoms with Gasteiger partial charge in [-0.25, -0.2) is 0 Å². The van der Waals surface area contributed by atoms with Crippen molar-refractivity contribution in [2.24, 2.45) is 0 Å². The van der Waals surface area contributed by atoms with Gasteiger partial charge in [0.05, 0.1) is 0 Å². The van der Waals surface area contributed by atoms with Gasteiger partial charge in [-0.05, 0) is 0 Å². The summed E-state index contributed by atoms with van der Waals surface area (Å²) >= 11 is 2.03. The second kappa shape index (κ2) is 3.26. The lowest BCUT2D eigenvalue weighted by Gasteiger charge is -1.91. The Morgan fingerprint density at radius 2 is 1.58 bits per heavy atom. The van der Waals surface area contributed by atoms with Crippen molar-refractivity contribution in [1.82, 2.24) is 0 Å². The fourth-order valence-electron chi connectivity index (χ4n) is 0.486. The predicted octanol–water partition coefficient (Wildman–Crippen LogP) is 0.189. The van der Waals surface area contributed by atoms with E-state index in [0.717, 1.165) is 22.7 Å². The molecule has 0 aromatic carbocycles. The summed E-state index contributed by atoms with van der Waals surface area (Å²) in [5.41, 5.74) is 0.00926. The van der Waals surface area contributed by atoms with E-state index in [1.807, 2.05) is 0 Å². The minimum absolute atomic E-state index is 0.00926. The molecule has 0 amide bonds. The largest absolute Gasteiger partial charge is 0.479 e. The van der Waals surface area contributed by atoms with Crippen LogP contribution in [0.25, 0.3) is 11.5 Å². The molecular weight excluding hydrogens is 196 g/mol. The maximum Gasteiger partial charge on any atom is 0.302 e. The maximum absolute atomic E-state index is 8.52. The highest BCUT2D eigenvalue weighted by Gasteiger charge is 2.02. The summed E-state index contributed by atoms with van der Waals surface area (Å²) in [4.78, 5) is 0. The molecule has 6 heteroatoms. The Bertz CT molecular complexity index is 444. The molecule has 0 radical (unpaired) electrons. The van der Waals surface area contributed by atoms with Crippen LogP contribution in [0.1, 0.15) is 0 Å². The minimum Gasteiger partial charge on any atom is -0.479 e. The minimum atomic E-state index is -0.760. The van der Waals surface area contributed by atoms with E-state index in [1.165, 1.54) is 0 Å². The quantitative estimate of drug-likeness (QED) is 0.622. The molecule has 1 heterocycles. The third kappa shape index (κ3) is 1.40. The molecule has 2 N–H and O–H groups in total. The van der Waals surface area contributed by atoms with Crippen molar-refractivity contribution >= 4 is 34.2 Å². The highest BCUT2D eigenvalue weighted by molar-refractivity contribution is 7.36. The van der Waals surface area contributed by atoms with E-state index in [2.05, 4.69) is 0 Å². The van der Waals surface area contributed by atoms with Crippen LogP contribution in [0.5, 0.6) is 0 Å². The van der Waals surface area contributed by atoms with Gasteiger partial charge in [-0.3, -0.25) is 0 Å². The first-order valence-corrected chi connectivity index (χ1v) is 4.34. The highest BCUT2D eigenvalue weighted by Crippen LogP contribution is 1.96. The number of hydrogen-bond acceptors (Lipinski definition) is 6. The van der Waals surface area contributed by atoms with Gasteiger partial charge in [0.1, 0.15) is 16.0 Å². The van der Waals surface area contributed by atoms with Crippen LogP contribution in [0.15, 0.2) is 0 Å². The summed E-state index contributed by atoms with van der Waals surface area (Å²) in [6.07, 6.45) is 0. The summed E-state index contributed by atoms with van der Waals surface area (Å²) in [6, 6.07) is 3.41. The van der Waals surface area contributed by atoms with Gasteiger partial charge in [0.2, 0.25) is 0 Å². The van der Waals surface area contributed by atoms with Crippen molar-refractivity contribution in [2.45, 2.75) is 0 Å². The van der Waals surface area contributed by atoms with Crippen LogP contribution in [0.3, 0.4) is 0 Å². The van der Waals surface area contributed by atoms with E-state index in [-0.39, 0.29) is 5.57 Å². The number of aliphatic hydroxyl groups is 2. The lowest BCUT2D eigenvalue weighted by molar-refractivity contribution is 0.300. The molecule has 0 bridgehead atoms. The van der Waals surface area contributed by atoms with Crippen molar-refractivity contribution < 1.29 is 10.2 Å². The van der Waals surface area contributed by atoms with E-state index < -0.39 is 5.95 Å². The Morgan fingerprint density at radius 1 is 1.08 bits per heavy atom. The van der Waals surface area contributed by atoms with Crippen LogP contribution >= 0.6 is 22.7 Å². The van der Waals surface area contributed by atoms with Gasteiger partial charge in [0, 0.05) is 0 Å². The standard InChI is InChI=1S/C6H2N2O2S2/c7-1-3(2-8)5-11-6(12-5)4(9)10/h9-10H. The molecule has 0 fully saturated rings. The molecule has 0 unspecified atom stereocenters. The lowest BCUT2D eigenvalue weighted by atomic mass is 10.4. The summed E-state index contributed by atoms with van der Waals surface area (Å²) in [5, 5.41) is 33.8. The molecule has 4 nitrogen and oxygen atoms in total. The zero-order chi connectivity index (χ0) is 9.14. The van der Waals surface area contributed by atoms with Gasteiger partial charge in [0.15, 0.2) is 9.42 Å². The number of rotatable bonds is 0. The second-order valence-electron chi connectivity index (χ2n) is 1.70. The molecule has 1 aromatic heterocycles. The Hall–Kier alpha value is -1.50. The molecule has 0 aliphatic rings. The van der Waals surface area contributed by atoms with Crippen molar-refractivity contribution in [1.29, 1.82) is 10.5 Å². The van der Waals surface area contributed by atoms with Gasteiger partial charge >= 0.3 is 5.95 Å². The van der Waals surface area contributed by atoms with E-state index in [0.29, 0.717) is 7.69 Å². The van der Waals surface area contributed by atoms with Crippen LogP contribution in [0.2, 0.25) is 0 Å². The van der Waals surface area contributed by atoms with E-state index in [4.69, 9.17) is 20.7 Å². The first-order valence-electron chi connectivity index (χ1n) is 2.71. The molecule has 12 heavy (non-hydrogen) atoms. The maximum atomic E-state index is 8.52. The van der Waals surface area contributed by atoms with Gasteiger partial charge in [-0.1, -0.05) is 0 Å². The molecule has 0 saturated heterocycles. The van der Waals surface area contributed by atoms with Gasteiger partial charge in [-0.15, -0.1) is 22.7 Å². The third-order valence-corrected chi connectivity index (χ3v) is 3.50. The average molecular weight is 198 g/mol. The van der Waals surface area contributed by atoms with Gasteiger partial charge < -0.3 is 10.2 Å². The first-order chi connectivity index (χ1) is 5.69. The molecule has 0 aliphatic heterocycles. The monoisotopic (exact) mass is 198 g/mol. The third-order valence-electron chi connectivity index (χ3n) is 0.981. The zero-order valence-corrected chi connectivity index (χ0v) is 7.24. The zero-order valence-electron chi connectivity index (χ0n) is 5.61.